The van der Waals surface area contributed by atoms with E-state index in [1.54, 1.807) is 4.90 Å². The standard InChI is InChI=1S/C12H23N3O3/c1-14(2)8-6-13-12(18)15-7-5-10(9-15)3-4-11(16)17/h10H,3-9H2,1-2H3,(H,13,18)(H,16,17). The Morgan fingerprint density at radius 2 is 2.17 bits per heavy atom. The topological polar surface area (TPSA) is 72.9 Å². The summed E-state index contributed by atoms with van der Waals surface area (Å²) >= 11 is 0. The van der Waals surface area contributed by atoms with E-state index in [0.29, 0.717) is 25.4 Å². The number of likely N-dealkylation sites (tertiary alicyclic amines) is 1. The van der Waals surface area contributed by atoms with Crippen molar-refractivity contribution in [2.75, 3.05) is 40.3 Å². The molecule has 1 atom stereocenters. The molecule has 2 N–H and O–H groups in total. The van der Waals surface area contributed by atoms with E-state index in [1.165, 1.54) is 0 Å². The molecule has 1 aliphatic heterocycles. The van der Waals surface area contributed by atoms with E-state index in [-0.39, 0.29) is 12.5 Å². The van der Waals surface area contributed by atoms with E-state index in [4.69, 9.17) is 5.11 Å². The van der Waals surface area contributed by atoms with E-state index in [0.717, 1.165) is 19.5 Å². The Morgan fingerprint density at radius 1 is 1.44 bits per heavy atom. The van der Waals surface area contributed by atoms with Gasteiger partial charge in [-0.25, -0.2) is 4.79 Å². The summed E-state index contributed by atoms with van der Waals surface area (Å²) in [5.41, 5.74) is 0. The molecular weight excluding hydrogens is 234 g/mol. The van der Waals surface area contributed by atoms with Crippen LogP contribution in [0.15, 0.2) is 0 Å². The van der Waals surface area contributed by atoms with Crippen LogP contribution in [-0.4, -0.2) is 67.2 Å². The van der Waals surface area contributed by atoms with E-state index in [9.17, 15) is 9.59 Å². The van der Waals surface area contributed by atoms with Crippen LogP contribution in [0.2, 0.25) is 0 Å². The van der Waals surface area contributed by atoms with Crippen LogP contribution in [0.5, 0.6) is 0 Å². The van der Waals surface area contributed by atoms with Gasteiger partial charge in [0.15, 0.2) is 0 Å². The van der Waals surface area contributed by atoms with Crippen molar-refractivity contribution < 1.29 is 14.7 Å². The lowest BCUT2D eigenvalue weighted by molar-refractivity contribution is -0.137. The fourth-order valence-corrected chi connectivity index (χ4v) is 2.08. The average molecular weight is 257 g/mol. The van der Waals surface area contributed by atoms with Gasteiger partial charge in [0.05, 0.1) is 0 Å². The number of carboxylic acid groups (broad SMARTS) is 1. The van der Waals surface area contributed by atoms with Crippen LogP contribution in [0.1, 0.15) is 19.3 Å². The molecule has 1 rings (SSSR count). The van der Waals surface area contributed by atoms with Crippen molar-refractivity contribution in [2.24, 2.45) is 5.92 Å². The van der Waals surface area contributed by atoms with Crippen molar-refractivity contribution >= 4 is 12.0 Å². The number of carbonyl (C=O) groups is 2. The van der Waals surface area contributed by atoms with Crippen LogP contribution < -0.4 is 5.32 Å². The number of carbonyl (C=O) groups excluding carboxylic acids is 1. The Bertz CT molecular complexity index is 294. The average Bonchev–Trinajstić information content (AvgIpc) is 2.74. The van der Waals surface area contributed by atoms with Gasteiger partial charge in [-0.05, 0) is 32.9 Å². The number of aliphatic carboxylic acids is 1. The molecule has 18 heavy (non-hydrogen) atoms. The monoisotopic (exact) mass is 257 g/mol. The largest absolute Gasteiger partial charge is 0.481 e. The van der Waals surface area contributed by atoms with Gasteiger partial charge >= 0.3 is 12.0 Å². The molecule has 2 amide bonds. The van der Waals surface area contributed by atoms with E-state index in [2.05, 4.69) is 5.32 Å². The molecule has 0 aromatic carbocycles. The summed E-state index contributed by atoms with van der Waals surface area (Å²) < 4.78 is 0. The molecule has 0 aromatic heterocycles. The molecule has 1 unspecified atom stereocenters. The maximum atomic E-state index is 11.8. The van der Waals surface area contributed by atoms with E-state index in [1.807, 2.05) is 19.0 Å². The maximum absolute atomic E-state index is 11.8. The molecule has 6 nitrogen and oxygen atoms in total. The summed E-state index contributed by atoms with van der Waals surface area (Å²) in [7, 11) is 3.92. The van der Waals surface area contributed by atoms with Gasteiger partial charge in [0.25, 0.3) is 0 Å². The summed E-state index contributed by atoms with van der Waals surface area (Å²) in [6.07, 6.45) is 1.77. The first-order valence-corrected chi connectivity index (χ1v) is 6.38. The highest BCUT2D eigenvalue weighted by Gasteiger charge is 2.26. The summed E-state index contributed by atoms with van der Waals surface area (Å²) in [5.74, 6) is -0.426. The Labute approximate surface area is 108 Å². The minimum absolute atomic E-state index is 0.0327. The van der Waals surface area contributed by atoms with Gasteiger partial charge in [-0.1, -0.05) is 0 Å². The number of likely N-dealkylation sites (N-methyl/N-ethyl adjacent to an activating group) is 1. The summed E-state index contributed by atoms with van der Waals surface area (Å²) in [6, 6.07) is -0.0327. The predicted octanol–water partition coefficient (Wildman–Crippen LogP) is 0.444. The smallest absolute Gasteiger partial charge is 0.317 e. The van der Waals surface area contributed by atoms with Crippen LogP contribution in [0.3, 0.4) is 0 Å². The van der Waals surface area contributed by atoms with Crippen molar-refractivity contribution in [1.82, 2.24) is 15.1 Å². The molecule has 0 aliphatic carbocycles. The predicted molar refractivity (Wildman–Crippen MR) is 68.5 cm³/mol. The SMILES string of the molecule is CN(C)CCNC(=O)N1CCC(CCC(=O)O)C1. The van der Waals surface area contributed by atoms with Gasteiger partial charge in [-0.15, -0.1) is 0 Å². The maximum Gasteiger partial charge on any atom is 0.317 e. The highest BCUT2D eigenvalue weighted by Crippen LogP contribution is 2.20. The van der Waals surface area contributed by atoms with Gasteiger partial charge in [-0.2, -0.15) is 0 Å². The van der Waals surface area contributed by atoms with Gasteiger partial charge < -0.3 is 20.2 Å². The molecule has 0 radical (unpaired) electrons. The van der Waals surface area contributed by atoms with Crippen LogP contribution in [-0.2, 0) is 4.79 Å². The molecule has 0 bridgehead atoms. The number of urea groups is 1. The van der Waals surface area contributed by atoms with E-state index < -0.39 is 5.97 Å². The van der Waals surface area contributed by atoms with Crippen molar-refractivity contribution in [3.63, 3.8) is 0 Å². The van der Waals surface area contributed by atoms with Gasteiger partial charge in [-0.3, -0.25) is 4.79 Å². The lowest BCUT2D eigenvalue weighted by Crippen LogP contribution is -2.41. The Kier molecular flexibility index (Phi) is 5.91. The Morgan fingerprint density at radius 3 is 2.78 bits per heavy atom. The first kappa shape index (κ1) is 14.8. The molecule has 0 spiro atoms. The summed E-state index contributed by atoms with van der Waals surface area (Å²) in [4.78, 5) is 26.1. The lowest BCUT2D eigenvalue weighted by Gasteiger charge is -2.18. The Hall–Kier alpha value is -1.30. The number of carboxylic acids is 1. The number of hydrogen-bond acceptors (Lipinski definition) is 3. The number of nitrogens with one attached hydrogen (secondary N) is 1. The summed E-state index contributed by atoms with van der Waals surface area (Å²) in [6.45, 7) is 2.88. The number of nitrogens with zero attached hydrogens (tertiary/aromatic N) is 2. The highest BCUT2D eigenvalue weighted by atomic mass is 16.4. The van der Waals surface area contributed by atoms with Crippen molar-refractivity contribution in [2.45, 2.75) is 19.3 Å². The molecule has 1 aliphatic rings. The van der Waals surface area contributed by atoms with Gasteiger partial charge in [0.1, 0.15) is 0 Å². The van der Waals surface area contributed by atoms with Crippen molar-refractivity contribution in [3.05, 3.63) is 0 Å². The third-order valence-corrected chi connectivity index (χ3v) is 3.17. The molecule has 104 valence electrons. The van der Waals surface area contributed by atoms with E-state index >= 15 is 0 Å². The van der Waals surface area contributed by atoms with Crippen LogP contribution >= 0.6 is 0 Å². The molecule has 0 aromatic rings. The third-order valence-electron chi connectivity index (χ3n) is 3.17. The fraction of sp³-hybridized carbons (Fsp3) is 0.833. The third kappa shape index (κ3) is 5.35. The highest BCUT2D eigenvalue weighted by molar-refractivity contribution is 5.74. The molecule has 1 fully saturated rings. The number of rotatable bonds is 6. The molecule has 1 saturated heterocycles. The first-order chi connectivity index (χ1) is 8.49. The zero-order valence-electron chi connectivity index (χ0n) is 11.2. The zero-order chi connectivity index (χ0) is 13.5. The molecule has 6 heteroatoms. The van der Waals surface area contributed by atoms with Crippen LogP contribution in [0, 0.1) is 5.92 Å². The fourth-order valence-electron chi connectivity index (χ4n) is 2.08. The first-order valence-electron chi connectivity index (χ1n) is 6.38. The van der Waals surface area contributed by atoms with Crippen molar-refractivity contribution in [3.8, 4) is 0 Å². The lowest BCUT2D eigenvalue weighted by atomic mass is 10.0. The molecular formula is C12H23N3O3. The van der Waals surface area contributed by atoms with Crippen molar-refractivity contribution in [1.29, 1.82) is 0 Å². The van der Waals surface area contributed by atoms with Gasteiger partial charge in [0.2, 0.25) is 0 Å². The normalized spacial score (nSPS) is 19.3. The van der Waals surface area contributed by atoms with Crippen LogP contribution in [0.4, 0.5) is 4.79 Å². The second-order valence-corrected chi connectivity index (χ2v) is 5.07. The second kappa shape index (κ2) is 7.20. The number of amides is 2. The zero-order valence-corrected chi connectivity index (χ0v) is 11.2. The van der Waals surface area contributed by atoms with Crippen LogP contribution in [0.25, 0.3) is 0 Å². The second-order valence-electron chi connectivity index (χ2n) is 5.07. The molecule has 0 saturated carbocycles. The Balaban J connectivity index is 2.20. The number of hydrogen-bond donors (Lipinski definition) is 2. The summed E-state index contributed by atoms with van der Waals surface area (Å²) in [5, 5.41) is 11.5. The molecule has 1 heterocycles. The minimum atomic E-state index is -0.760. The quantitative estimate of drug-likeness (QED) is 0.724. The minimum Gasteiger partial charge on any atom is -0.481 e. The van der Waals surface area contributed by atoms with Gasteiger partial charge in [0, 0.05) is 32.6 Å².